The lowest BCUT2D eigenvalue weighted by atomic mass is 10.1. The molecule has 0 bridgehead atoms. The summed E-state index contributed by atoms with van der Waals surface area (Å²) in [5.74, 6) is 0.864. The van der Waals surface area contributed by atoms with E-state index < -0.39 is 0 Å². The molecular weight excluding hydrogens is 366 g/mol. The number of hydrogen-bond donors (Lipinski definition) is 2. The molecule has 6 heteroatoms. The minimum Gasteiger partial charge on any atom is -0.357 e. The summed E-state index contributed by atoms with van der Waals surface area (Å²) in [5.41, 5.74) is 2.46. The van der Waals surface area contributed by atoms with Crippen LogP contribution in [0.2, 0.25) is 0 Å². The number of rotatable bonds is 8. The molecule has 2 aromatic heterocycles. The van der Waals surface area contributed by atoms with Crippen LogP contribution in [0.3, 0.4) is 0 Å². The molecule has 0 aliphatic heterocycles. The molecule has 1 aromatic carbocycles. The Morgan fingerprint density at radius 2 is 2.11 bits per heavy atom. The summed E-state index contributed by atoms with van der Waals surface area (Å²) in [6.07, 6.45) is 6.63. The molecule has 0 aliphatic rings. The van der Waals surface area contributed by atoms with Crippen molar-refractivity contribution < 1.29 is 0 Å². The van der Waals surface area contributed by atoms with E-state index >= 15 is 0 Å². The van der Waals surface area contributed by atoms with Gasteiger partial charge in [0.15, 0.2) is 5.96 Å². The third kappa shape index (κ3) is 6.23. The molecule has 28 heavy (non-hydrogen) atoms. The number of hydrogen-bond acceptors (Lipinski definition) is 3. The van der Waals surface area contributed by atoms with E-state index in [1.807, 2.05) is 23.9 Å². The van der Waals surface area contributed by atoms with Crippen molar-refractivity contribution in [1.82, 2.24) is 20.2 Å². The largest absolute Gasteiger partial charge is 0.357 e. The predicted molar refractivity (Wildman–Crippen MR) is 118 cm³/mol. The Bertz CT molecular complexity index is 882. The Hall–Kier alpha value is -2.60. The van der Waals surface area contributed by atoms with Crippen molar-refractivity contribution in [3.8, 4) is 0 Å². The normalized spacial score (nSPS) is 12.8. The number of thiophene rings is 1. The predicted octanol–water partition coefficient (Wildman–Crippen LogP) is 3.99. The Labute approximate surface area is 171 Å². The van der Waals surface area contributed by atoms with Gasteiger partial charge in [-0.3, -0.25) is 0 Å². The van der Waals surface area contributed by atoms with Crippen LogP contribution in [0.1, 0.15) is 34.7 Å². The second-order valence-corrected chi connectivity index (χ2v) is 8.38. The van der Waals surface area contributed by atoms with Gasteiger partial charge < -0.3 is 15.2 Å². The molecule has 0 amide bonds. The summed E-state index contributed by atoms with van der Waals surface area (Å²) < 4.78 is 2.07. The van der Waals surface area contributed by atoms with Gasteiger partial charge in [0.1, 0.15) is 0 Å². The quantitative estimate of drug-likeness (QED) is 0.448. The maximum absolute atomic E-state index is 4.79. The highest BCUT2D eigenvalue weighted by atomic mass is 32.1. The van der Waals surface area contributed by atoms with Gasteiger partial charge in [0.25, 0.3) is 0 Å². The second-order valence-electron chi connectivity index (χ2n) is 7.01. The highest BCUT2D eigenvalue weighted by molar-refractivity contribution is 7.11. The van der Waals surface area contributed by atoms with E-state index in [0.717, 1.165) is 25.5 Å². The fourth-order valence-electron chi connectivity index (χ4n) is 3.09. The third-order valence-electron chi connectivity index (χ3n) is 4.37. The lowest BCUT2D eigenvalue weighted by Gasteiger charge is -2.17. The van der Waals surface area contributed by atoms with Crippen molar-refractivity contribution >= 4 is 17.3 Å². The average molecular weight is 396 g/mol. The highest BCUT2D eigenvalue weighted by Gasteiger charge is 2.08. The van der Waals surface area contributed by atoms with E-state index in [9.17, 15) is 0 Å². The van der Waals surface area contributed by atoms with Crippen LogP contribution in [0.25, 0.3) is 0 Å². The number of aryl methyl sites for hydroxylation is 1. The molecule has 3 aromatic rings. The minimum absolute atomic E-state index is 0.323. The van der Waals surface area contributed by atoms with Crippen molar-refractivity contribution in [3.05, 3.63) is 76.0 Å². The molecule has 0 radical (unpaired) electrons. The summed E-state index contributed by atoms with van der Waals surface area (Å²) in [4.78, 5) is 11.7. The zero-order chi connectivity index (χ0) is 19.8. The summed E-state index contributed by atoms with van der Waals surface area (Å²) in [6, 6.07) is 13.3. The first-order valence-corrected chi connectivity index (χ1v) is 10.6. The number of benzene rings is 1. The van der Waals surface area contributed by atoms with Crippen molar-refractivity contribution in [3.63, 3.8) is 0 Å². The van der Waals surface area contributed by atoms with E-state index in [4.69, 9.17) is 4.99 Å². The number of guanidine groups is 1. The maximum Gasteiger partial charge on any atom is 0.191 e. The molecule has 0 fully saturated rings. The molecule has 2 N–H and O–H groups in total. The summed E-state index contributed by atoms with van der Waals surface area (Å²) in [6.45, 7) is 8.77. The lowest BCUT2D eigenvalue weighted by Crippen LogP contribution is -2.43. The van der Waals surface area contributed by atoms with Gasteiger partial charge >= 0.3 is 0 Å². The van der Waals surface area contributed by atoms with Gasteiger partial charge in [0, 0.05) is 47.7 Å². The second kappa shape index (κ2) is 10.1. The van der Waals surface area contributed by atoms with E-state index in [1.54, 1.807) is 6.20 Å². The van der Waals surface area contributed by atoms with Crippen molar-refractivity contribution in [2.75, 3.05) is 6.54 Å². The van der Waals surface area contributed by atoms with Gasteiger partial charge in [0.2, 0.25) is 0 Å². The zero-order valence-corrected chi connectivity index (χ0v) is 17.7. The van der Waals surface area contributed by atoms with E-state index in [2.05, 4.69) is 77.4 Å². The Balaban J connectivity index is 1.60. The monoisotopic (exact) mass is 395 g/mol. The summed E-state index contributed by atoms with van der Waals surface area (Å²) >= 11 is 1.86. The fourth-order valence-corrected chi connectivity index (χ4v) is 4.11. The molecular formula is C22H29N5S. The molecule has 5 nitrogen and oxygen atoms in total. The van der Waals surface area contributed by atoms with Crippen LogP contribution in [0, 0.1) is 6.92 Å². The summed E-state index contributed by atoms with van der Waals surface area (Å²) in [7, 11) is 0. The number of nitrogens with zero attached hydrogens (tertiary/aromatic N) is 3. The fraction of sp³-hybridized carbons (Fsp3) is 0.364. The molecule has 148 valence electrons. The Kier molecular flexibility index (Phi) is 7.25. The average Bonchev–Trinajstić information content (AvgIpc) is 3.32. The standard InChI is InChI=1S/C22H29N5S/c1-4-24-22(26-17(2)12-21-9-8-18(3)28-21)25-14-19-6-5-7-20(13-19)15-27-11-10-23-16-27/h5-11,13,16-17H,4,12,14-15H2,1-3H3,(H2,24,25,26). The van der Waals surface area contributed by atoms with Gasteiger partial charge in [0.05, 0.1) is 12.9 Å². The van der Waals surface area contributed by atoms with Crippen LogP contribution in [-0.4, -0.2) is 28.1 Å². The maximum atomic E-state index is 4.79. The Morgan fingerprint density at radius 1 is 1.25 bits per heavy atom. The van der Waals surface area contributed by atoms with Crippen LogP contribution < -0.4 is 10.6 Å². The highest BCUT2D eigenvalue weighted by Crippen LogP contribution is 2.16. The molecule has 0 saturated carbocycles. The molecule has 0 aliphatic carbocycles. The molecule has 2 heterocycles. The first-order valence-electron chi connectivity index (χ1n) is 9.76. The van der Waals surface area contributed by atoms with Gasteiger partial charge in [-0.2, -0.15) is 0 Å². The SMILES string of the molecule is CCNC(=NCc1cccc(Cn2ccnc2)c1)NC(C)Cc1ccc(C)s1. The van der Waals surface area contributed by atoms with Crippen LogP contribution in [0.4, 0.5) is 0 Å². The van der Waals surface area contributed by atoms with Crippen molar-refractivity contribution in [2.24, 2.45) is 4.99 Å². The van der Waals surface area contributed by atoms with E-state index in [-0.39, 0.29) is 0 Å². The minimum atomic E-state index is 0.323. The van der Waals surface area contributed by atoms with Gasteiger partial charge in [-0.25, -0.2) is 9.98 Å². The van der Waals surface area contributed by atoms with Crippen LogP contribution in [0.5, 0.6) is 0 Å². The molecule has 0 saturated heterocycles. The number of aromatic nitrogens is 2. The number of nitrogens with one attached hydrogen (secondary N) is 2. The molecule has 1 atom stereocenters. The van der Waals surface area contributed by atoms with Crippen LogP contribution in [0.15, 0.2) is 60.1 Å². The van der Waals surface area contributed by atoms with E-state index in [1.165, 1.54) is 20.9 Å². The number of aliphatic imine (C=N–C) groups is 1. The van der Waals surface area contributed by atoms with Crippen molar-refractivity contribution in [1.29, 1.82) is 0 Å². The van der Waals surface area contributed by atoms with Crippen LogP contribution in [-0.2, 0) is 19.5 Å². The molecule has 1 unspecified atom stereocenters. The lowest BCUT2D eigenvalue weighted by molar-refractivity contribution is 0.645. The van der Waals surface area contributed by atoms with Crippen molar-refractivity contribution in [2.45, 2.75) is 46.3 Å². The Morgan fingerprint density at radius 3 is 2.82 bits per heavy atom. The topological polar surface area (TPSA) is 54.2 Å². The van der Waals surface area contributed by atoms with E-state index in [0.29, 0.717) is 12.6 Å². The zero-order valence-electron chi connectivity index (χ0n) is 16.9. The van der Waals surface area contributed by atoms with Gasteiger partial charge in [-0.15, -0.1) is 11.3 Å². The first-order chi connectivity index (χ1) is 13.6. The molecule has 3 rings (SSSR count). The number of imidazole rings is 1. The molecule has 0 spiro atoms. The smallest absolute Gasteiger partial charge is 0.191 e. The van der Waals surface area contributed by atoms with Gasteiger partial charge in [-0.05, 0) is 44.0 Å². The van der Waals surface area contributed by atoms with Gasteiger partial charge in [-0.1, -0.05) is 24.3 Å². The third-order valence-corrected chi connectivity index (χ3v) is 5.39. The first kappa shape index (κ1) is 20.1. The van der Waals surface area contributed by atoms with Crippen LogP contribution >= 0.6 is 11.3 Å². The summed E-state index contributed by atoms with van der Waals surface area (Å²) in [5, 5.41) is 6.89.